The number of rotatable bonds is 2. The fourth-order valence-electron chi connectivity index (χ4n) is 1.24. The highest BCUT2D eigenvalue weighted by Gasteiger charge is 2.06. The SMILES string of the molecule is Cc1ccc(Sc2nnc(Br)s2)c(C)c1. The second kappa shape index (κ2) is 4.63. The second-order valence-electron chi connectivity index (χ2n) is 3.19. The molecule has 15 heavy (non-hydrogen) atoms. The lowest BCUT2D eigenvalue weighted by molar-refractivity contribution is 0.996. The van der Waals surface area contributed by atoms with Crippen molar-refractivity contribution in [3.63, 3.8) is 0 Å². The molecule has 0 N–H and O–H groups in total. The molecule has 0 atom stereocenters. The van der Waals surface area contributed by atoms with Gasteiger partial charge in [0, 0.05) is 4.90 Å². The maximum atomic E-state index is 4.06. The molecule has 1 aromatic carbocycles. The molecule has 2 nitrogen and oxygen atoms in total. The molecule has 0 spiro atoms. The molecular weight excluding hydrogens is 292 g/mol. The minimum absolute atomic E-state index is 0.828. The van der Waals surface area contributed by atoms with Crippen LogP contribution in [0.4, 0.5) is 0 Å². The molecule has 1 heterocycles. The van der Waals surface area contributed by atoms with Crippen LogP contribution in [0.1, 0.15) is 11.1 Å². The molecular formula is C10H9BrN2S2. The lowest BCUT2D eigenvalue weighted by atomic mass is 10.2. The van der Waals surface area contributed by atoms with Gasteiger partial charge < -0.3 is 0 Å². The molecule has 5 heteroatoms. The number of aromatic nitrogens is 2. The molecule has 0 saturated carbocycles. The van der Waals surface area contributed by atoms with Crippen molar-refractivity contribution < 1.29 is 0 Å². The van der Waals surface area contributed by atoms with Gasteiger partial charge in [0.2, 0.25) is 0 Å². The summed E-state index contributed by atoms with van der Waals surface area (Å²) in [6.07, 6.45) is 0. The Balaban J connectivity index is 2.24. The van der Waals surface area contributed by atoms with E-state index in [9.17, 15) is 0 Å². The number of aryl methyl sites for hydroxylation is 2. The van der Waals surface area contributed by atoms with Crippen molar-refractivity contribution >= 4 is 39.0 Å². The molecule has 0 radical (unpaired) electrons. The predicted molar refractivity (Wildman–Crippen MR) is 67.6 cm³/mol. The number of hydrogen-bond donors (Lipinski definition) is 0. The summed E-state index contributed by atoms with van der Waals surface area (Å²) in [6, 6.07) is 6.43. The van der Waals surface area contributed by atoms with Gasteiger partial charge in [0.25, 0.3) is 0 Å². The van der Waals surface area contributed by atoms with Crippen LogP contribution < -0.4 is 0 Å². The van der Waals surface area contributed by atoms with Gasteiger partial charge in [-0.2, -0.15) is 0 Å². The van der Waals surface area contributed by atoms with Gasteiger partial charge in [-0.1, -0.05) is 40.8 Å². The molecule has 0 fully saturated rings. The standard InChI is InChI=1S/C10H9BrN2S2/c1-6-3-4-8(7(2)5-6)14-10-13-12-9(11)15-10/h3-5H,1-2H3. The van der Waals surface area contributed by atoms with Gasteiger partial charge in [0.15, 0.2) is 8.26 Å². The molecule has 1 aromatic heterocycles. The highest BCUT2D eigenvalue weighted by Crippen LogP contribution is 2.33. The fraction of sp³-hybridized carbons (Fsp3) is 0.200. The van der Waals surface area contributed by atoms with Crippen molar-refractivity contribution in [1.82, 2.24) is 10.2 Å². The Morgan fingerprint density at radius 3 is 2.67 bits per heavy atom. The third-order valence-corrected chi connectivity index (χ3v) is 4.49. The van der Waals surface area contributed by atoms with E-state index in [1.165, 1.54) is 16.0 Å². The lowest BCUT2D eigenvalue weighted by Crippen LogP contribution is -1.81. The van der Waals surface area contributed by atoms with E-state index in [1.54, 1.807) is 23.1 Å². The molecule has 0 aliphatic heterocycles. The summed E-state index contributed by atoms with van der Waals surface area (Å²) in [5.74, 6) is 0. The summed E-state index contributed by atoms with van der Waals surface area (Å²) < 4.78 is 1.79. The number of halogens is 1. The van der Waals surface area contributed by atoms with Crippen LogP contribution in [-0.2, 0) is 0 Å². The first-order valence-corrected chi connectivity index (χ1v) is 6.82. The average molecular weight is 301 g/mol. The van der Waals surface area contributed by atoms with E-state index >= 15 is 0 Å². The minimum Gasteiger partial charge on any atom is -0.130 e. The summed E-state index contributed by atoms with van der Waals surface area (Å²) in [5, 5.41) is 7.98. The second-order valence-corrected chi connectivity index (χ2v) is 6.73. The first-order valence-electron chi connectivity index (χ1n) is 4.39. The molecule has 2 rings (SSSR count). The van der Waals surface area contributed by atoms with Gasteiger partial charge in [-0.15, -0.1) is 10.2 Å². The van der Waals surface area contributed by atoms with Crippen LogP contribution in [0.15, 0.2) is 31.4 Å². The Morgan fingerprint density at radius 2 is 2.07 bits per heavy atom. The Morgan fingerprint density at radius 1 is 1.27 bits per heavy atom. The zero-order valence-corrected chi connectivity index (χ0v) is 11.5. The van der Waals surface area contributed by atoms with Crippen molar-refractivity contribution in [1.29, 1.82) is 0 Å². The van der Waals surface area contributed by atoms with Gasteiger partial charge in [0.1, 0.15) is 0 Å². The van der Waals surface area contributed by atoms with Gasteiger partial charge >= 0.3 is 0 Å². The topological polar surface area (TPSA) is 25.8 Å². The van der Waals surface area contributed by atoms with Gasteiger partial charge in [-0.3, -0.25) is 0 Å². The predicted octanol–water partition coefficient (Wildman–Crippen LogP) is 4.07. The van der Waals surface area contributed by atoms with E-state index in [-0.39, 0.29) is 0 Å². The number of nitrogens with zero attached hydrogens (tertiary/aromatic N) is 2. The fourth-order valence-corrected chi connectivity index (χ4v) is 3.71. The summed E-state index contributed by atoms with van der Waals surface area (Å²) in [4.78, 5) is 1.24. The first-order chi connectivity index (χ1) is 7.15. The summed E-state index contributed by atoms with van der Waals surface area (Å²) >= 11 is 6.52. The largest absolute Gasteiger partial charge is 0.184 e. The van der Waals surface area contributed by atoms with E-state index < -0.39 is 0 Å². The van der Waals surface area contributed by atoms with E-state index in [1.807, 2.05) is 0 Å². The smallest absolute Gasteiger partial charge is 0.130 e. The maximum absolute atomic E-state index is 4.06. The Kier molecular flexibility index (Phi) is 3.43. The highest BCUT2D eigenvalue weighted by atomic mass is 79.9. The van der Waals surface area contributed by atoms with E-state index in [4.69, 9.17) is 0 Å². The molecule has 0 amide bonds. The van der Waals surface area contributed by atoms with Crippen LogP contribution >= 0.6 is 39.0 Å². The van der Waals surface area contributed by atoms with Gasteiger partial charge in [0.05, 0.1) is 0 Å². The zero-order valence-electron chi connectivity index (χ0n) is 8.32. The molecule has 0 aliphatic rings. The van der Waals surface area contributed by atoms with E-state index in [0.717, 1.165) is 8.26 Å². The Labute approximate surface area is 105 Å². The Bertz CT molecular complexity index is 482. The van der Waals surface area contributed by atoms with Crippen LogP contribution in [0, 0.1) is 13.8 Å². The van der Waals surface area contributed by atoms with Crippen LogP contribution in [0.25, 0.3) is 0 Å². The van der Waals surface area contributed by atoms with Crippen molar-refractivity contribution in [3.8, 4) is 0 Å². The number of hydrogen-bond acceptors (Lipinski definition) is 4. The third kappa shape index (κ3) is 2.80. The van der Waals surface area contributed by atoms with E-state index in [2.05, 4.69) is 58.2 Å². The van der Waals surface area contributed by atoms with Crippen LogP contribution in [0.5, 0.6) is 0 Å². The number of benzene rings is 1. The molecule has 0 unspecified atom stereocenters. The van der Waals surface area contributed by atoms with Crippen LogP contribution in [0.3, 0.4) is 0 Å². The van der Waals surface area contributed by atoms with Crippen molar-refractivity contribution in [2.45, 2.75) is 23.1 Å². The summed E-state index contributed by atoms with van der Waals surface area (Å²) in [5.41, 5.74) is 2.57. The van der Waals surface area contributed by atoms with Gasteiger partial charge in [-0.25, -0.2) is 0 Å². The molecule has 0 saturated heterocycles. The Hall–Kier alpha value is -0.390. The monoisotopic (exact) mass is 300 g/mol. The first kappa shape index (κ1) is 11.1. The molecule has 0 bridgehead atoms. The molecule has 78 valence electrons. The van der Waals surface area contributed by atoms with Crippen LogP contribution in [-0.4, -0.2) is 10.2 Å². The average Bonchev–Trinajstić information content (AvgIpc) is 2.56. The summed E-state index contributed by atoms with van der Waals surface area (Å²) in [7, 11) is 0. The zero-order chi connectivity index (χ0) is 10.8. The van der Waals surface area contributed by atoms with Crippen LogP contribution in [0.2, 0.25) is 0 Å². The van der Waals surface area contributed by atoms with Crippen molar-refractivity contribution in [2.24, 2.45) is 0 Å². The maximum Gasteiger partial charge on any atom is 0.184 e. The highest BCUT2D eigenvalue weighted by molar-refractivity contribution is 9.11. The molecule has 2 aromatic rings. The molecule has 0 aliphatic carbocycles. The van der Waals surface area contributed by atoms with Gasteiger partial charge in [-0.05, 0) is 41.4 Å². The van der Waals surface area contributed by atoms with Crippen molar-refractivity contribution in [3.05, 3.63) is 33.2 Å². The van der Waals surface area contributed by atoms with E-state index in [0.29, 0.717) is 0 Å². The van der Waals surface area contributed by atoms with Crippen molar-refractivity contribution in [2.75, 3.05) is 0 Å². The lowest BCUT2D eigenvalue weighted by Gasteiger charge is -2.03. The minimum atomic E-state index is 0.828. The normalized spacial score (nSPS) is 10.6. The summed E-state index contributed by atoms with van der Waals surface area (Å²) in [6.45, 7) is 4.22. The third-order valence-electron chi connectivity index (χ3n) is 1.91. The quantitative estimate of drug-likeness (QED) is 0.836.